The molecule has 5 nitrogen and oxygen atoms in total. The first-order valence-electron chi connectivity index (χ1n) is 5.78. The van der Waals surface area contributed by atoms with Gasteiger partial charge < -0.3 is 15.4 Å². The lowest BCUT2D eigenvalue weighted by atomic mass is 10.1. The summed E-state index contributed by atoms with van der Waals surface area (Å²) < 4.78 is 18.5. The third kappa shape index (κ3) is 3.03. The van der Waals surface area contributed by atoms with Crippen molar-refractivity contribution in [2.75, 3.05) is 25.9 Å². The molecular weight excluding hydrogens is 223 g/mol. The zero-order valence-electron chi connectivity index (χ0n) is 9.90. The lowest BCUT2D eigenvalue weighted by Gasteiger charge is -2.19. The van der Waals surface area contributed by atoms with E-state index in [9.17, 15) is 4.39 Å². The molecule has 0 aliphatic carbocycles. The lowest BCUT2D eigenvalue weighted by molar-refractivity contribution is 0.222. The van der Waals surface area contributed by atoms with E-state index in [1.54, 1.807) is 0 Å². The maximum atomic E-state index is 13.2. The van der Waals surface area contributed by atoms with Crippen LogP contribution in [0, 0.1) is 5.82 Å². The number of nitrogen functional groups attached to an aromatic ring is 1. The van der Waals surface area contributed by atoms with Crippen molar-refractivity contribution in [2.24, 2.45) is 0 Å². The fourth-order valence-electron chi connectivity index (χ4n) is 2.10. The summed E-state index contributed by atoms with van der Waals surface area (Å²) in [6.45, 7) is 1.57. The maximum absolute atomic E-state index is 13.2. The summed E-state index contributed by atoms with van der Waals surface area (Å²) in [4.78, 5) is 9.55. The molecule has 1 aromatic rings. The van der Waals surface area contributed by atoms with Crippen molar-refractivity contribution >= 4 is 5.95 Å². The van der Waals surface area contributed by atoms with Crippen LogP contribution in [0.1, 0.15) is 19.3 Å². The highest BCUT2D eigenvalue weighted by Crippen LogP contribution is 2.19. The molecule has 0 amide bonds. The largest absolute Gasteiger partial charge is 0.475 e. The molecular formula is C11H17FN4O. The van der Waals surface area contributed by atoms with E-state index in [1.165, 1.54) is 12.8 Å². The van der Waals surface area contributed by atoms with Crippen molar-refractivity contribution in [1.29, 1.82) is 0 Å². The third-order valence-corrected chi connectivity index (χ3v) is 3.09. The second-order valence-electron chi connectivity index (χ2n) is 4.30. The quantitative estimate of drug-likeness (QED) is 0.852. The van der Waals surface area contributed by atoms with Gasteiger partial charge in [0.25, 0.3) is 5.88 Å². The molecule has 1 aromatic heterocycles. The van der Waals surface area contributed by atoms with Gasteiger partial charge in [0.2, 0.25) is 11.8 Å². The topological polar surface area (TPSA) is 64.3 Å². The van der Waals surface area contributed by atoms with E-state index < -0.39 is 5.82 Å². The van der Waals surface area contributed by atoms with Gasteiger partial charge in [-0.1, -0.05) is 0 Å². The molecule has 6 heteroatoms. The molecule has 0 aromatic carbocycles. The predicted molar refractivity (Wildman–Crippen MR) is 62.2 cm³/mol. The van der Waals surface area contributed by atoms with E-state index in [1.807, 2.05) is 0 Å². The number of aromatic nitrogens is 2. The molecule has 1 aliphatic heterocycles. The van der Waals surface area contributed by atoms with Gasteiger partial charge in [-0.15, -0.1) is 0 Å². The van der Waals surface area contributed by atoms with Gasteiger partial charge >= 0.3 is 0 Å². The first kappa shape index (κ1) is 12.0. The van der Waals surface area contributed by atoms with Crippen molar-refractivity contribution in [3.8, 4) is 5.88 Å². The van der Waals surface area contributed by atoms with Crippen LogP contribution in [0.15, 0.2) is 6.20 Å². The minimum absolute atomic E-state index is 0.0272. The number of halogens is 1. The van der Waals surface area contributed by atoms with Crippen LogP contribution in [0.4, 0.5) is 10.3 Å². The Labute approximate surface area is 99.8 Å². The van der Waals surface area contributed by atoms with Crippen molar-refractivity contribution in [2.45, 2.75) is 25.3 Å². The summed E-state index contributed by atoms with van der Waals surface area (Å²) in [5.41, 5.74) is 5.37. The van der Waals surface area contributed by atoms with E-state index in [4.69, 9.17) is 10.5 Å². The standard InChI is InChI=1S/C11H17FN4O/c1-16-5-2-3-8(16)4-6-17-10-9(12)7-14-11(13)15-10/h7-8H,2-6H2,1H3,(H2,13,14,15). The van der Waals surface area contributed by atoms with Gasteiger partial charge in [0.15, 0.2) is 0 Å². The molecule has 0 saturated carbocycles. The summed E-state index contributed by atoms with van der Waals surface area (Å²) in [5, 5.41) is 0. The van der Waals surface area contributed by atoms with Gasteiger partial charge in [-0.25, -0.2) is 4.98 Å². The minimum Gasteiger partial charge on any atom is -0.475 e. The van der Waals surface area contributed by atoms with E-state index in [-0.39, 0.29) is 11.8 Å². The van der Waals surface area contributed by atoms with Gasteiger partial charge in [0.05, 0.1) is 12.8 Å². The summed E-state index contributed by atoms with van der Waals surface area (Å²) in [5.74, 6) is -0.600. The molecule has 1 unspecified atom stereocenters. The summed E-state index contributed by atoms with van der Waals surface area (Å²) in [6, 6.07) is 0.525. The van der Waals surface area contributed by atoms with Gasteiger partial charge in [-0.05, 0) is 32.9 Å². The maximum Gasteiger partial charge on any atom is 0.255 e. The highest BCUT2D eigenvalue weighted by molar-refractivity contribution is 5.22. The number of ether oxygens (including phenoxy) is 1. The molecule has 17 heavy (non-hydrogen) atoms. The van der Waals surface area contributed by atoms with Crippen LogP contribution in [0.3, 0.4) is 0 Å². The third-order valence-electron chi connectivity index (χ3n) is 3.09. The first-order valence-corrected chi connectivity index (χ1v) is 5.78. The molecule has 0 bridgehead atoms. The van der Waals surface area contributed by atoms with Gasteiger partial charge in [0, 0.05) is 6.04 Å². The number of hydrogen-bond donors (Lipinski definition) is 1. The Morgan fingerprint density at radius 3 is 3.18 bits per heavy atom. The zero-order chi connectivity index (χ0) is 12.3. The average molecular weight is 240 g/mol. The Balaban J connectivity index is 1.83. The van der Waals surface area contributed by atoms with Crippen LogP contribution in [-0.4, -0.2) is 41.1 Å². The van der Waals surface area contributed by atoms with Crippen molar-refractivity contribution in [3.63, 3.8) is 0 Å². The van der Waals surface area contributed by atoms with Crippen molar-refractivity contribution < 1.29 is 9.13 Å². The molecule has 0 radical (unpaired) electrons. The minimum atomic E-state index is -0.570. The normalized spacial score (nSPS) is 20.7. The molecule has 2 N–H and O–H groups in total. The van der Waals surface area contributed by atoms with E-state index in [2.05, 4.69) is 21.9 Å². The molecule has 0 spiro atoms. The Morgan fingerprint density at radius 2 is 2.47 bits per heavy atom. The van der Waals surface area contributed by atoms with Crippen LogP contribution < -0.4 is 10.5 Å². The van der Waals surface area contributed by atoms with E-state index >= 15 is 0 Å². The second-order valence-corrected chi connectivity index (χ2v) is 4.30. The number of rotatable bonds is 4. The highest BCUT2D eigenvalue weighted by Gasteiger charge is 2.20. The molecule has 1 fully saturated rings. The monoisotopic (exact) mass is 240 g/mol. The Bertz CT molecular complexity index is 388. The van der Waals surface area contributed by atoms with Crippen LogP contribution in [0.25, 0.3) is 0 Å². The average Bonchev–Trinajstić information content (AvgIpc) is 2.70. The van der Waals surface area contributed by atoms with Gasteiger partial charge in [-0.2, -0.15) is 9.37 Å². The molecule has 2 heterocycles. The molecule has 1 aliphatic rings. The number of nitrogens with zero attached hydrogens (tertiary/aromatic N) is 3. The van der Waals surface area contributed by atoms with Gasteiger partial charge in [-0.3, -0.25) is 0 Å². The predicted octanol–water partition coefficient (Wildman–Crippen LogP) is 1.06. The highest BCUT2D eigenvalue weighted by atomic mass is 19.1. The summed E-state index contributed by atoms with van der Waals surface area (Å²) in [6.07, 6.45) is 4.30. The number of hydrogen-bond acceptors (Lipinski definition) is 5. The fourth-order valence-corrected chi connectivity index (χ4v) is 2.10. The van der Waals surface area contributed by atoms with Crippen LogP contribution in [-0.2, 0) is 0 Å². The van der Waals surface area contributed by atoms with Crippen LogP contribution >= 0.6 is 0 Å². The number of nitrogens with two attached hydrogens (primary N) is 1. The van der Waals surface area contributed by atoms with E-state index in [0.29, 0.717) is 12.6 Å². The molecule has 2 rings (SSSR count). The van der Waals surface area contributed by atoms with Crippen molar-refractivity contribution in [1.82, 2.24) is 14.9 Å². The molecule has 94 valence electrons. The first-order chi connectivity index (χ1) is 8.16. The Morgan fingerprint density at radius 1 is 1.65 bits per heavy atom. The van der Waals surface area contributed by atoms with Crippen molar-refractivity contribution in [3.05, 3.63) is 12.0 Å². The summed E-state index contributed by atoms with van der Waals surface area (Å²) in [7, 11) is 2.10. The zero-order valence-corrected chi connectivity index (χ0v) is 9.90. The smallest absolute Gasteiger partial charge is 0.255 e. The molecule has 1 atom stereocenters. The second kappa shape index (κ2) is 5.27. The Kier molecular flexibility index (Phi) is 3.73. The molecule has 1 saturated heterocycles. The number of anilines is 1. The van der Waals surface area contributed by atoms with E-state index in [0.717, 1.165) is 19.2 Å². The van der Waals surface area contributed by atoms with Gasteiger partial charge in [0.1, 0.15) is 0 Å². The van der Waals surface area contributed by atoms with Crippen LogP contribution in [0.5, 0.6) is 5.88 Å². The number of likely N-dealkylation sites (tertiary alicyclic amines) is 1. The fraction of sp³-hybridized carbons (Fsp3) is 0.636. The SMILES string of the molecule is CN1CCCC1CCOc1nc(N)ncc1F. The summed E-state index contributed by atoms with van der Waals surface area (Å²) >= 11 is 0. The Hall–Kier alpha value is -1.43. The van der Waals surface area contributed by atoms with Crippen LogP contribution in [0.2, 0.25) is 0 Å². The lowest BCUT2D eigenvalue weighted by Crippen LogP contribution is -2.26.